The molecule has 7 nitrogen and oxygen atoms in total. The zero-order chi connectivity index (χ0) is 28.3. The van der Waals surface area contributed by atoms with Gasteiger partial charge in [0.2, 0.25) is 11.8 Å². The molecule has 0 saturated heterocycles. The number of alkyl carbamates (subject to hydrolysis) is 1. The highest BCUT2D eigenvalue weighted by Crippen LogP contribution is 2.30. The van der Waals surface area contributed by atoms with Crippen molar-refractivity contribution in [1.82, 2.24) is 15.5 Å². The van der Waals surface area contributed by atoms with Crippen molar-refractivity contribution in [3.05, 3.63) is 34.9 Å². The lowest BCUT2D eigenvalue weighted by molar-refractivity contribution is -0.143. The number of carbonyl (C=O) groups is 3. The van der Waals surface area contributed by atoms with Crippen LogP contribution in [0.15, 0.2) is 18.2 Å². The molecule has 0 saturated carbocycles. The summed E-state index contributed by atoms with van der Waals surface area (Å²) in [4.78, 5) is 42.3. The maximum atomic E-state index is 14.2. The van der Waals surface area contributed by atoms with E-state index in [2.05, 4.69) is 17.6 Å². The van der Waals surface area contributed by atoms with Crippen LogP contribution in [-0.4, -0.2) is 47.0 Å². The third-order valence-electron chi connectivity index (χ3n) is 6.20. The van der Waals surface area contributed by atoms with E-state index in [-0.39, 0.29) is 23.8 Å². The number of hydrogen-bond acceptors (Lipinski definition) is 4. The Kier molecular flexibility index (Phi) is 13.2. The Morgan fingerprint density at radius 1 is 0.919 bits per heavy atom. The maximum absolute atomic E-state index is 14.2. The molecule has 2 atom stereocenters. The SMILES string of the molecule is CCCCCCCN(C(=O)C(NC(=O)OC(C)(C)C)C(C)C)C(C(=O)NC(C)C)c1c(C)cccc1C. The second kappa shape index (κ2) is 15.0. The molecule has 3 amide bonds. The summed E-state index contributed by atoms with van der Waals surface area (Å²) in [5, 5.41) is 5.83. The molecule has 0 heterocycles. The van der Waals surface area contributed by atoms with Crippen molar-refractivity contribution < 1.29 is 19.1 Å². The monoisotopic (exact) mass is 517 g/mol. The Bertz CT molecular complexity index is 869. The van der Waals surface area contributed by atoms with Gasteiger partial charge in [0.1, 0.15) is 17.7 Å². The quantitative estimate of drug-likeness (QED) is 0.304. The molecule has 0 bridgehead atoms. The summed E-state index contributed by atoms with van der Waals surface area (Å²) < 4.78 is 5.46. The maximum Gasteiger partial charge on any atom is 0.408 e. The van der Waals surface area contributed by atoms with E-state index in [1.54, 1.807) is 25.7 Å². The molecule has 2 unspecified atom stereocenters. The van der Waals surface area contributed by atoms with Crippen LogP contribution >= 0.6 is 0 Å². The summed E-state index contributed by atoms with van der Waals surface area (Å²) in [6.07, 6.45) is 4.44. The number of nitrogens with zero attached hydrogens (tertiary/aromatic N) is 1. The number of hydrogen-bond donors (Lipinski definition) is 2. The minimum absolute atomic E-state index is 0.0818. The van der Waals surface area contributed by atoms with Gasteiger partial charge in [-0.15, -0.1) is 0 Å². The predicted octanol–water partition coefficient (Wildman–Crippen LogP) is 6.22. The molecule has 2 N–H and O–H groups in total. The third-order valence-corrected chi connectivity index (χ3v) is 6.20. The van der Waals surface area contributed by atoms with Gasteiger partial charge in [0, 0.05) is 12.6 Å². The Morgan fingerprint density at radius 2 is 1.49 bits per heavy atom. The Morgan fingerprint density at radius 3 is 1.97 bits per heavy atom. The summed E-state index contributed by atoms with van der Waals surface area (Å²) in [6.45, 7) is 19.5. The van der Waals surface area contributed by atoms with Crippen molar-refractivity contribution in [2.75, 3.05) is 6.54 Å². The van der Waals surface area contributed by atoms with Gasteiger partial charge in [-0.3, -0.25) is 9.59 Å². The van der Waals surface area contributed by atoms with E-state index < -0.39 is 23.8 Å². The normalized spacial score (nSPS) is 13.3. The van der Waals surface area contributed by atoms with Crippen LogP contribution in [0, 0.1) is 19.8 Å². The van der Waals surface area contributed by atoms with Gasteiger partial charge in [0.25, 0.3) is 0 Å². The average Bonchev–Trinajstić information content (AvgIpc) is 2.75. The van der Waals surface area contributed by atoms with Gasteiger partial charge in [-0.05, 0) is 77.5 Å². The highest BCUT2D eigenvalue weighted by atomic mass is 16.6. The number of aryl methyl sites for hydroxylation is 2. The van der Waals surface area contributed by atoms with Gasteiger partial charge < -0.3 is 20.3 Å². The number of rotatable bonds is 13. The number of benzene rings is 1. The first-order chi connectivity index (χ1) is 17.2. The summed E-state index contributed by atoms with van der Waals surface area (Å²) in [7, 11) is 0. The van der Waals surface area contributed by atoms with Crippen LogP contribution < -0.4 is 10.6 Å². The molecule has 0 aliphatic carbocycles. The van der Waals surface area contributed by atoms with Gasteiger partial charge in [-0.1, -0.05) is 64.7 Å². The van der Waals surface area contributed by atoms with E-state index in [1.807, 2.05) is 59.7 Å². The van der Waals surface area contributed by atoms with Crippen LogP contribution in [0.25, 0.3) is 0 Å². The minimum Gasteiger partial charge on any atom is -0.444 e. The lowest BCUT2D eigenvalue weighted by atomic mass is 9.92. The number of amides is 3. The molecular formula is C30H51N3O4. The van der Waals surface area contributed by atoms with E-state index in [0.717, 1.165) is 48.8 Å². The van der Waals surface area contributed by atoms with Gasteiger partial charge >= 0.3 is 6.09 Å². The first-order valence-corrected chi connectivity index (χ1v) is 13.9. The third kappa shape index (κ3) is 10.7. The van der Waals surface area contributed by atoms with Gasteiger partial charge in [0.15, 0.2) is 0 Å². The zero-order valence-corrected chi connectivity index (χ0v) is 24.9. The summed E-state index contributed by atoms with van der Waals surface area (Å²) in [6, 6.07) is 4.19. The molecule has 1 aromatic rings. The molecule has 210 valence electrons. The standard InChI is InChI=1S/C30H51N3O4/c1-11-12-13-14-15-19-33(28(35)25(20(2)3)32-29(36)37-30(8,9)10)26(27(34)31-21(4)5)24-22(6)17-16-18-23(24)7/h16-18,20-21,25-26H,11-15,19H2,1-10H3,(H,31,34)(H,32,36). The molecule has 0 aliphatic heterocycles. The topological polar surface area (TPSA) is 87.7 Å². The van der Waals surface area contributed by atoms with E-state index in [4.69, 9.17) is 4.74 Å². The zero-order valence-electron chi connectivity index (χ0n) is 24.9. The molecule has 0 aliphatic rings. The highest BCUT2D eigenvalue weighted by Gasteiger charge is 2.38. The molecule has 0 fully saturated rings. The molecule has 7 heteroatoms. The molecule has 1 aromatic carbocycles. The Balaban J connectivity index is 3.53. The fraction of sp³-hybridized carbons (Fsp3) is 0.700. The van der Waals surface area contributed by atoms with Crippen molar-refractivity contribution >= 4 is 17.9 Å². The molecular weight excluding hydrogens is 466 g/mol. The van der Waals surface area contributed by atoms with Crippen molar-refractivity contribution in [1.29, 1.82) is 0 Å². The molecule has 0 aromatic heterocycles. The minimum atomic E-state index is -0.829. The summed E-state index contributed by atoms with van der Waals surface area (Å²) in [5.41, 5.74) is 2.05. The van der Waals surface area contributed by atoms with Gasteiger partial charge in [-0.25, -0.2) is 4.79 Å². The average molecular weight is 518 g/mol. The summed E-state index contributed by atoms with van der Waals surface area (Å²) in [5.74, 6) is -0.689. The molecule has 0 radical (unpaired) electrons. The van der Waals surface area contributed by atoms with Crippen LogP contribution in [0.2, 0.25) is 0 Å². The van der Waals surface area contributed by atoms with Crippen LogP contribution in [-0.2, 0) is 14.3 Å². The molecule has 1 rings (SSSR count). The summed E-state index contributed by atoms with van der Waals surface area (Å²) >= 11 is 0. The van der Waals surface area contributed by atoms with E-state index in [9.17, 15) is 14.4 Å². The van der Waals surface area contributed by atoms with Crippen molar-refractivity contribution in [2.24, 2.45) is 5.92 Å². The smallest absolute Gasteiger partial charge is 0.408 e. The lowest BCUT2D eigenvalue weighted by Gasteiger charge is -2.37. The molecule has 37 heavy (non-hydrogen) atoms. The van der Waals surface area contributed by atoms with E-state index in [1.165, 1.54) is 0 Å². The van der Waals surface area contributed by atoms with Gasteiger partial charge in [0.05, 0.1) is 0 Å². The van der Waals surface area contributed by atoms with Crippen LogP contribution in [0.1, 0.15) is 110 Å². The van der Waals surface area contributed by atoms with Crippen molar-refractivity contribution in [3.63, 3.8) is 0 Å². The lowest BCUT2D eigenvalue weighted by Crippen LogP contribution is -2.55. The number of ether oxygens (including phenoxy) is 1. The number of unbranched alkanes of at least 4 members (excludes halogenated alkanes) is 4. The fourth-order valence-corrected chi connectivity index (χ4v) is 4.43. The van der Waals surface area contributed by atoms with Gasteiger partial charge in [-0.2, -0.15) is 0 Å². The van der Waals surface area contributed by atoms with Crippen molar-refractivity contribution in [2.45, 2.75) is 125 Å². The van der Waals surface area contributed by atoms with Crippen LogP contribution in [0.5, 0.6) is 0 Å². The van der Waals surface area contributed by atoms with E-state index in [0.29, 0.717) is 6.54 Å². The van der Waals surface area contributed by atoms with Crippen LogP contribution in [0.3, 0.4) is 0 Å². The fourth-order valence-electron chi connectivity index (χ4n) is 4.43. The number of carbonyl (C=O) groups excluding carboxylic acids is 3. The Labute approximate surface area is 225 Å². The predicted molar refractivity (Wildman–Crippen MR) is 150 cm³/mol. The highest BCUT2D eigenvalue weighted by molar-refractivity contribution is 5.92. The largest absolute Gasteiger partial charge is 0.444 e. The first-order valence-electron chi connectivity index (χ1n) is 13.9. The second-order valence-electron chi connectivity index (χ2n) is 11.7. The van der Waals surface area contributed by atoms with Crippen molar-refractivity contribution in [3.8, 4) is 0 Å². The first kappa shape index (κ1) is 32.5. The Hall–Kier alpha value is -2.57. The molecule has 0 spiro atoms. The number of nitrogens with one attached hydrogen (secondary N) is 2. The van der Waals surface area contributed by atoms with Crippen LogP contribution in [0.4, 0.5) is 4.79 Å². The van der Waals surface area contributed by atoms with E-state index >= 15 is 0 Å². The second-order valence-corrected chi connectivity index (χ2v) is 11.7.